The second kappa shape index (κ2) is 7.45. The van der Waals surface area contributed by atoms with E-state index < -0.39 is 0 Å². The summed E-state index contributed by atoms with van der Waals surface area (Å²) >= 11 is 0. The number of nitrogen functional groups attached to an aromatic ring is 1. The summed E-state index contributed by atoms with van der Waals surface area (Å²) in [4.78, 5) is 24.7. The van der Waals surface area contributed by atoms with Crippen molar-refractivity contribution >= 4 is 22.8 Å². The van der Waals surface area contributed by atoms with Crippen molar-refractivity contribution in [3.63, 3.8) is 0 Å². The third-order valence-corrected chi connectivity index (χ3v) is 4.22. The lowest BCUT2D eigenvalue weighted by atomic mass is 10.0. The van der Waals surface area contributed by atoms with Gasteiger partial charge in [0.2, 0.25) is 5.89 Å². The Kier molecular flexibility index (Phi) is 4.69. The Hall–Kier alpha value is -3.78. The highest BCUT2D eigenvalue weighted by molar-refractivity contribution is 5.94. The average molecular weight is 375 g/mol. The van der Waals surface area contributed by atoms with Crippen molar-refractivity contribution in [2.45, 2.75) is 0 Å². The number of pyridine rings is 2. The van der Waals surface area contributed by atoms with Crippen LogP contribution in [0.25, 0.3) is 33.7 Å². The van der Waals surface area contributed by atoms with Crippen molar-refractivity contribution in [2.75, 3.05) is 18.9 Å². The van der Waals surface area contributed by atoms with E-state index in [0.29, 0.717) is 33.9 Å². The average Bonchev–Trinajstić information content (AvgIpc) is 3.16. The summed E-state index contributed by atoms with van der Waals surface area (Å²) in [6.45, 7) is 0.113. The predicted molar refractivity (Wildman–Crippen MR) is 104 cm³/mol. The smallest absolute Gasteiger partial charge is 0.251 e. The lowest BCUT2D eigenvalue weighted by Crippen LogP contribution is -2.26. The maximum absolute atomic E-state index is 11.9. The van der Waals surface area contributed by atoms with Crippen molar-refractivity contribution in [1.29, 1.82) is 0 Å². The van der Waals surface area contributed by atoms with Gasteiger partial charge in [0.15, 0.2) is 5.58 Å². The molecule has 0 radical (unpaired) electrons. The van der Waals surface area contributed by atoms with Gasteiger partial charge in [-0.05, 0) is 23.8 Å². The molecule has 3 aromatic heterocycles. The van der Waals surface area contributed by atoms with Gasteiger partial charge in [0, 0.05) is 36.1 Å². The third-order valence-electron chi connectivity index (χ3n) is 4.22. The number of anilines is 1. The first kappa shape index (κ1) is 17.6. The summed E-state index contributed by atoms with van der Waals surface area (Å²) in [6.07, 6.45) is 4.91. The van der Waals surface area contributed by atoms with E-state index in [-0.39, 0.29) is 19.1 Å². The lowest BCUT2D eigenvalue weighted by molar-refractivity contribution is 0.0945. The molecule has 4 rings (SSSR count). The minimum Gasteiger partial charge on any atom is -0.436 e. The van der Waals surface area contributed by atoms with Gasteiger partial charge in [-0.15, -0.1) is 0 Å². The van der Waals surface area contributed by atoms with E-state index in [1.807, 2.05) is 18.2 Å². The van der Waals surface area contributed by atoms with Crippen LogP contribution in [0.1, 0.15) is 10.4 Å². The van der Waals surface area contributed by atoms with Crippen LogP contribution in [0.3, 0.4) is 0 Å². The number of hydrogen-bond donors (Lipinski definition) is 3. The van der Waals surface area contributed by atoms with Crippen molar-refractivity contribution in [3.8, 4) is 22.6 Å². The zero-order valence-electron chi connectivity index (χ0n) is 14.8. The highest BCUT2D eigenvalue weighted by atomic mass is 16.3. The van der Waals surface area contributed by atoms with Crippen LogP contribution in [-0.2, 0) is 0 Å². The first-order valence-corrected chi connectivity index (χ1v) is 8.61. The Labute approximate surface area is 160 Å². The lowest BCUT2D eigenvalue weighted by Gasteiger charge is -2.07. The standard InChI is InChI=1S/C20H17N5O3/c21-18-15(20-25-16-11-22-6-5-17(16)28-20)9-14(10-24-18)12-1-3-13(4-2-12)19(27)23-7-8-26/h1-6,9-11,26H,7-8H2,(H2,21,24)(H,23,27). The zero-order chi connectivity index (χ0) is 19.5. The Morgan fingerprint density at radius 2 is 1.96 bits per heavy atom. The number of aliphatic hydroxyl groups is 1. The minimum absolute atomic E-state index is 0.102. The van der Waals surface area contributed by atoms with Crippen LogP contribution < -0.4 is 11.1 Å². The summed E-state index contributed by atoms with van der Waals surface area (Å²) in [5, 5.41) is 11.4. The second-order valence-corrected chi connectivity index (χ2v) is 6.08. The van der Waals surface area contributed by atoms with Gasteiger partial charge in [-0.3, -0.25) is 9.78 Å². The van der Waals surface area contributed by atoms with Gasteiger partial charge >= 0.3 is 0 Å². The molecule has 1 aromatic carbocycles. The number of nitrogens with one attached hydrogen (secondary N) is 1. The maximum atomic E-state index is 11.9. The van der Waals surface area contributed by atoms with Gasteiger partial charge in [-0.1, -0.05) is 12.1 Å². The van der Waals surface area contributed by atoms with Crippen LogP contribution in [0.2, 0.25) is 0 Å². The number of amides is 1. The molecule has 8 nitrogen and oxygen atoms in total. The van der Waals surface area contributed by atoms with E-state index >= 15 is 0 Å². The normalized spacial score (nSPS) is 10.9. The molecule has 0 bridgehead atoms. The second-order valence-electron chi connectivity index (χ2n) is 6.08. The highest BCUT2D eigenvalue weighted by Gasteiger charge is 2.14. The topological polar surface area (TPSA) is 127 Å². The zero-order valence-corrected chi connectivity index (χ0v) is 14.8. The number of aromatic nitrogens is 3. The molecule has 0 saturated heterocycles. The third kappa shape index (κ3) is 3.40. The van der Waals surface area contributed by atoms with Gasteiger partial charge in [0.05, 0.1) is 18.4 Å². The number of carbonyl (C=O) groups is 1. The Morgan fingerprint density at radius 1 is 1.14 bits per heavy atom. The van der Waals surface area contributed by atoms with Crippen LogP contribution in [0.4, 0.5) is 5.82 Å². The van der Waals surface area contributed by atoms with E-state index in [2.05, 4.69) is 20.3 Å². The van der Waals surface area contributed by atoms with Crippen molar-refractivity contribution < 1.29 is 14.3 Å². The molecule has 0 aliphatic carbocycles. The van der Waals surface area contributed by atoms with Gasteiger partial charge in [0.1, 0.15) is 11.3 Å². The van der Waals surface area contributed by atoms with Crippen LogP contribution in [0.5, 0.6) is 0 Å². The quantitative estimate of drug-likeness (QED) is 0.488. The molecule has 28 heavy (non-hydrogen) atoms. The van der Waals surface area contributed by atoms with Crippen molar-refractivity contribution in [1.82, 2.24) is 20.3 Å². The SMILES string of the molecule is Nc1ncc(-c2ccc(C(=O)NCCO)cc2)cc1-c1nc2cnccc2o1. The van der Waals surface area contributed by atoms with E-state index in [1.54, 1.807) is 36.8 Å². The molecule has 4 aromatic rings. The monoisotopic (exact) mass is 375 g/mol. The first-order chi connectivity index (χ1) is 13.7. The number of nitrogens with two attached hydrogens (primary N) is 1. The molecule has 0 atom stereocenters. The summed E-state index contributed by atoms with van der Waals surface area (Å²) in [5.74, 6) is 0.440. The molecular weight excluding hydrogens is 358 g/mol. The van der Waals surface area contributed by atoms with Crippen LogP contribution >= 0.6 is 0 Å². The van der Waals surface area contributed by atoms with Crippen molar-refractivity contribution in [3.05, 3.63) is 60.6 Å². The minimum atomic E-state index is -0.239. The molecule has 0 saturated carbocycles. The molecule has 0 aliphatic heterocycles. The fraction of sp³-hybridized carbons (Fsp3) is 0.100. The van der Waals surface area contributed by atoms with Gasteiger partial charge < -0.3 is 20.6 Å². The van der Waals surface area contributed by atoms with Crippen LogP contribution in [0.15, 0.2) is 59.4 Å². The number of fused-ring (bicyclic) bond motifs is 1. The molecule has 1 amide bonds. The molecule has 4 N–H and O–H groups in total. The molecule has 3 heterocycles. The Balaban J connectivity index is 1.66. The Bertz CT molecular complexity index is 1110. The molecule has 8 heteroatoms. The Morgan fingerprint density at radius 3 is 2.71 bits per heavy atom. The van der Waals surface area contributed by atoms with Crippen LogP contribution in [0, 0.1) is 0 Å². The number of oxazole rings is 1. The number of rotatable bonds is 5. The number of nitrogens with zero attached hydrogens (tertiary/aromatic N) is 3. The number of aliphatic hydroxyl groups excluding tert-OH is 1. The largest absolute Gasteiger partial charge is 0.436 e. The molecule has 140 valence electrons. The summed E-state index contributed by atoms with van der Waals surface area (Å²) in [6, 6.07) is 10.6. The van der Waals surface area contributed by atoms with E-state index in [0.717, 1.165) is 11.1 Å². The molecule has 0 spiro atoms. The van der Waals surface area contributed by atoms with E-state index in [9.17, 15) is 4.79 Å². The number of carbonyl (C=O) groups excluding carboxylic acids is 1. The number of hydrogen-bond acceptors (Lipinski definition) is 7. The first-order valence-electron chi connectivity index (χ1n) is 8.61. The highest BCUT2D eigenvalue weighted by Crippen LogP contribution is 2.31. The van der Waals surface area contributed by atoms with Crippen LogP contribution in [-0.4, -0.2) is 39.1 Å². The predicted octanol–water partition coefficient (Wildman–Crippen LogP) is 2.26. The summed E-state index contributed by atoms with van der Waals surface area (Å²) in [7, 11) is 0. The molecule has 0 fully saturated rings. The van der Waals surface area contributed by atoms with Gasteiger partial charge in [-0.25, -0.2) is 9.97 Å². The molecular formula is C20H17N5O3. The summed E-state index contributed by atoms with van der Waals surface area (Å²) in [5.41, 5.74) is 10.1. The molecule has 0 unspecified atom stereocenters. The van der Waals surface area contributed by atoms with E-state index in [1.165, 1.54) is 0 Å². The fourth-order valence-electron chi connectivity index (χ4n) is 2.79. The molecule has 0 aliphatic rings. The maximum Gasteiger partial charge on any atom is 0.251 e. The fourth-order valence-corrected chi connectivity index (χ4v) is 2.79. The van der Waals surface area contributed by atoms with Gasteiger partial charge in [-0.2, -0.15) is 0 Å². The summed E-state index contributed by atoms with van der Waals surface area (Å²) < 4.78 is 5.77. The van der Waals surface area contributed by atoms with Gasteiger partial charge in [0.25, 0.3) is 5.91 Å². The van der Waals surface area contributed by atoms with E-state index in [4.69, 9.17) is 15.3 Å². The van der Waals surface area contributed by atoms with Crippen molar-refractivity contribution in [2.24, 2.45) is 0 Å². The number of benzene rings is 1.